The molecule has 7 heteroatoms. The van der Waals surface area contributed by atoms with Crippen LogP contribution in [0.5, 0.6) is 0 Å². The van der Waals surface area contributed by atoms with Gasteiger partial charge < -0.3 is 9.88 Å². The molecule has 0 unspecified atom stereocenters. The van der Waals surface area contributed by atoms with E-state index in [0.29, 0.717) is 17.8 Å². The molecule has 0 saturated heterocycles. The molecular formula is C18H20N6O. The molecule has 7 nitrogen and oxygen atoms in total. The van der Waals surface area contributed by atoms with Crippen molar-refractivity contribution in [3.8, 4) is 0 Å². The topological polar surface area (TPSA) is 87.6 Å². The zero-order chi connectivity index (χ0) is 17.2. The maximum atomic E-state index is 12.0. The first-order valence-corrected chi connectivity index (χ1v) is 8.37. The number of amides is 2. The molecular weight excluding hydrogens is 316 g/mol. The number of urea groups is 1. The fourth-order valence-electron chi connectivity index (χ4n) is 3.13. The average Bonchev–Trinajstić information content (AvgIpc) is 3.14. The van der Waals surface area contributed by atoms with Gasteiger partial charge in [-0.3, -0.25) is 10.4 Å². The lowest BCUT2D eigenvalue weighted by atomic mass is 10.0. The summed E-state index contributed by atoms with van der Waals surface area (Å²) in [6.45, 7) is 2.03. The number of nitrogens with zero attached hydrogens (tertiary/aromatic N) is 3. The first-order valence-electron chi connectivity index (χ1n) is 8.37. The predicted octanol–water partition coefficient (Wildman–Crippen LogP) is 3.56. The number of aryl methyl sites for hydroxylation is 1. The lowest BCUT2D eigenvalue weighted by molar-refractivity contribution is 0.262. The van der Waals surface area contributed by atoms with Gasteiger partial charge in [0.1, 0.15) is 11.6 Å². The number of aromatic nitrogens is 4. The van der Waals surface area contributed by atoms with Crippen molar-refractivity contribution in [2.24, 2.45) is 5.92 Å². The Morgan fingerprint density at radius 2 is 2.00 bits per heavy atom. The molecule has 2 heterocycles. The van der Waals surface area contributed by atoms with E-state index in [9.17, 15) is 4.79 Å². The molecule has 1 aromatic carbocycles. The van der Waals surface area contributed by atoms with Crippen LogP contribution in [0, 0.1) is 12.8 Å². The highest BCUT2D eigenvalue weighted by atomic mass is 16.2. The Hall–Kier alpha value is -3.09. The van der Waals surface area contributed by atoms with Crippen LogP contribution in [0.3, 0.4) is 0 Å². The van der Waals surface area contributed by atoms with Crippen LogP contribution in [0.1, 0.15) is 30.3 Å². The third-order valence-corrected chi connectivity index (χ3v) is 4.49. The highest BCUT2D eigenvalue weighted by Crippen LogP contribution is 2.44. The standard InChI is InChI=1S/C18H20N6O/c1-12-19-10-11-24(12)17(13-2-3-13)14-4-6-15(7-5-14)21-18(25)22-16-8-9-20-23-16/h4-11,13,17H,2-3H2,1H3,(H3,20,21,22,23,25)/t17-/m1/s1. The molecule has 1 fully saturated rings. The molecule has 0 aliphatic heterocycles. The van der Waals surface area contributed by atoms with Crippen LogP contribution in [-0.2, 0) is 0 Å². The normalized spacial score (nSPS) is 14.9. The van der Waals surface area contributed by atoms with Gasteiger partial charge in [-0.2, -0.15) is 5.10 Å². The Morgan fingerprint density at radius 3 is 2.60 bits per heavy atom. The second kappa shape index (κ2) is 6.43. The van der Waals surface area contributed by atoms with Crippen LogP contribution in [0.2, 0.25) is 0 Å². The van der Waals surface area contributed by atoms with Gasteiger partial charge in [0.25, 0.3) is 0 Å². The van der Waals surface area contributed by atoms with Gasteiger partial charge in [0, 0.05) is 24.1 Å². The highest BCUT2D eigenvalue weighted by Gasteiger charge is 2.34. The van der Waals surface area contributed by atoms with Gasteiger partial charge >= 0.3 is 6.03 Å². The number of carbonyl (C=O) groups is 1. The Bertz CT molecular complexity index is 848. The minimum atomic E-state index is -0.304. The van der Waals surface area contributed by atoms with Crippen LogP contribution >= 0.6 is 0 Å². The highest BCUT2D eigenvalue weighted by molar-refractivity contribution is 5.99. The van der Waals surface area contributed by atoms with Gasteiger partial charge in [0.15, 0.2) is 0 Å². The molecule has 0 bridgehead atoms. The Morgan fingerprint density at radius 1 is 1.20 bits per heavy atom. The molecule has 25 heavy (non-hydrogen) atoms. The van der Waals surface area contributed by atoms with Crippen LogP contribution in [0.25, 0.3) is 0 Å². The summed E-state index contributed by atoms with van der Waals surface area (Å²) >= 11 is 0. The van der Waals surface area contributed by atoms with Crippen LogP contribution in [0.15, 0.2) is 48.9 Å². The minimum absolute atomic E-state index is 0.304. The molecule has 1 aliphatic carbocycles. The number of nitrogens with one attached hydrogen (secondary N) is 3. The number of H-pyrrole nitrogens is 1. The van der Waals surface area contributed by atoms with E-state index in [1.165, 1.54) is 18.4 Å². The van der Waals surface area contributed by atoms with E-state index in [4.69, 9.17) is 0 Å². The van der Waals surface area contributed by atoms with E-state index in [-0.39, 0.29) is 6.03 Å². The maximum absolute atomic E-state index is 12.0. The van der Waals surface area contributed by atoms with E-state index in [1.807, 2.05) is 31.5 Å². The number of anilines is 2. The maximum Gasteiger partial charge on any atom is 0.324 e. The van der Waals surface area contributed by atoms with E-state index >= 15 is 0 Å². The fraction of sp³-hybridized carbons (Fsp3) is 0.278. The van der Waals surface area contributed by atoms with Crippen molar-refractivity contribution in [1.29, 1.82) is 0 Å². The quantitative estimate of drug-likeness (QED) is 0.666. The van der Waals surface area contributed by atoms with Gasteiger partial charge in [-0.15, -0.1) is 0 Å². The van der Waals surface area contributed by atoms with Crippen molar-refractivity contribution in [3.63, 3.8) is 0 Å². The number of carbonyl (C=O) groups excluding carboxylic acids is 1. The molecule has 0 radical (unpaired) electrons. The lowest BCUT2D eigenvalue weighted by Gasteiger charge is -2.20. The number of imidazole rings is 1. The second-order valence-corrected chi connectivity index (χ2v) is 6.34. The first kappa shape index (κ1) is 15.4. The Balaban J connectivity index is 1.47. The van der Waals surface area contributed by atoms with Gasteiger partial charge in [0.05, 0.1) is 12.2 Å². The van der Waals surface area contributed by atoms with E-state index in [1.54, 1.807) is 12.3 Å². The van der Waals surface area contributed by atoms with E-state index in [2.05, 4.69) is 42.5 Å². The molecule has 2 aromatic heterocycles. The summed E-state index contributed by atoms with van der Waals surface area (Å²) in [6, 6.07) is 9.72. The van der Waals surface area contributed by atoms with Crippen molar-refractivity contribution >= 4 is 17.5 Å². The van der Waals surface area contributed by atoms with Gasteiger partial charge in [0.2, 0.25) is 0 Å². The van der Waals surface area contributed by atoms with Crippen molar-refractivity contribution < 1.29 is 4.79 Å². The third kappa shape index (κ3) is 3.40. The molecule has 3 N–H and O–H groups in total. The molecule has 1 atom stereocenters. The zero-order valence-corrected chi connectivity index (χ0v) is 13.9. The number of hydrogen-bond acceptors (Lipinski definition) is 3. The van der Waals surface area contributed by atoms with Crippen molar-refractivity contribution in [1.82, 2.24) is 19.7 Å². The summed E-state index contributed by atoms with van der Waals surface area (Å²) < 4.78 is 2.24. The van der Waals surface area contributed by atoms with Gasteiger partial charge in [-0.05, 0) is 43.4 Å². The summed E-state index contributed by atoms with van der Waals surface area (Å²) in [5.41, 5.74) is 1.99. The van der Waals surface area contributed by atoms with Crippen molar-refractivity contribution in [2.45, 2.75) is 25.8 Å². The summed E-state index contributed by atoms with van der Waals surface area (Å²) in [7, 11) is 0. The largest absolute Gasteiger partial charge is 0.327 e. The average molecular weight is 336 g/mol. The molecule has 1 saturated carbocycles. The number of aromatic amines is 1. The minimum Gasteiger partial charge on any atom is -0.327 e. The van der Waals surface area contributed by atoms with E-state index in [0.717, 1.165) is 11.5 Å². The van der Waals surface area contributed by atoms with Crippen molar-refractivity contribution in [3.05, 3.63) is 60.3 Å². The fourth-order valence-corrected chi connectivity index (χ4v) is 3.13. The summed E-state index contributed by atoms with van der Waals surface area (Å²) in [5, 5.41) is 12.0. The zero-order valence-electron chi connectivity index (χ0n) is 13.9. The summed E-state index contributed by atoms with van der Waals surface area (Å²) in [4.78, 5) is 16.3. The lowest BCUT2D eigenvalue weighted by Crippen LogP contribution is -2.19. The van der Waals surface area contributed by atoms with Crippen LogP contribution in [0.4, 0.5) is 16.3 Å². The number of hydrogen-bond donors (Lipinski definition) is 3. The molecule has 1 aliphatic rings. The Labute approximate surface area is 145 Å². The first-order chi connectivity index (χ1) is 12.2. The molecule has 3 aromatic rings. The Kier molecular flexibility index (Phi) is 3.97. The summed E-state index contributed by atoms with van der Waals surface area (Å²) in [6.07, 6.45) is 7.97. The SMILES string of the molecule is Cc1nccn1[C@@H](c1ccc(NC(=O)Nc2ccn[nH]2)cc1)C1CC1. The van der Waals surface area contributed by atoms with Crippen LogP contribution in [-0.4, -0.2) is 25.8 Å². The second-order valence-electron chi connectivity index (χ2n) is 6.34. The molecule has 128 valence electrons. The smallest absolute Gasteiger partial charge is 0.324 e. The molecule has 0 spiro atoms. The monoisotopic (exact) mass is 336 g/mol. The van der Waals surface area contributed by atoms with Crippen LogP contribution < -0.4 is 10.6 Å². The van der Waals surface area contributed by atoms with Gasteiger partial charge in [-0.25, -0.2) is 9.78 Å². The molecule has 4 rings (SSSR count). The van der Waals surface area contributed by atoms with Crippen molar-refractivity contribution in [2.75, 3.05) is 10.6 Å². The number of benzene rings is 1. The molecule has 2 amide bonds. The number of rotatable bonds is 5. The summed E-state index contributed by atoms with van der Waals surface area (Å²) in [5.74, 6) is 2.24. The predicted molar refractivity (Wildman–Crippen MR) is 95.5 cm³/mol. The van der Waals surface area contributed by atoms with Gasteiger partial charge in [-0.1, -0.05) is 12.1 Å². The van der Waals surface area contributed by atoms with E-state index < -0.39 is 0 Å². The third-order valence-electron chi connectivity index (χ3n) is 4.49.